The molecule has 0 fully saturated rings. The number of hydrogen-bond donors (Lipinski definition) is 1. The molecule has 0 aliphatic carbocycles. The first-order chi connectivity index (χ1) is 15.0. The molecule has 160 valence electrons. The van der Waals surface area contributed by atoms with Crippen molar-refractivity contribution in [3.63, 3.8) is 0 Å². The van der Waals surface area contributed by atoms with E-state index in [1.165, 1.54) is 29.5 Å². The highest BCUT2D eigenvalue weighted by atomic mass is 35.5. The van der Waals surface area contributed by atoms with Crippen molar-refractivity contribution < 1.29 is 18.7 Å². The third-order valence-corrected chi connectivity index (χ3v) is 6.51. The smallest absolute Gasteiger partial charge is 0.254 e. The van der Waals surface area contributed by atoms with Gasteiger partial charge in [0.1, 0.15) is 5.82 Å². The largest absolute Gasteiger partial charge is 0.383 e. The molecule has 2 atom stereocenters. The fourth-order valence-electron chi connectivity index (χ4n) is 3.88. The minimum atomic E-state index is -0.659. The number of methoxy groups -OCH3 is 1. The van der Waals surface area contributed by atoms with Gasteiger partial charge in [-0.15, -0.1) is 11.3 Å². The van der Waals surface area contributed by atoms with Crippen LogP contribution in [0.3, 0.4) is 0 Å². The van der Waals surface area contributed by atoms with Crippen LogP contribution in [0.5, 0.6) is 0 Å². The topological polar surface area (TPSA) is 58.6 Å². The lowest BCUT2D eigenvalue weighted by Crippen LogP contribution is -2.47. The maximum Gasteiger partial charge on any atom is 0.254 e. The minimum absolute atomic E-state index is 0.0754. The zero-order chi connectivity index (χ0) is 22.0. The SMILES string of the molecule is COCCN1C(=O)c2ccccc2C(C(=O)Nc2ccc(F)c(Cl)c2)C1c1cccs1. The summed E-state index contributed by atoms with van der Waals surface area (Å²) < 4.78 is 18.8. The summed E-state index contributed by atoms with van der Waals surface area (Å²) in [7, 11) is 1.57. The zero-order valence-corrected chi connectivity index (χ0v) is 18.3. The number of hydrogen-bond acceptors (Lipinski definition) is 4. The maximum absolute atomic E-state index is 13.5. The molecule has 0 bridgehead atoms. The number of nitrogens with zero attached hydrogens (tertiary/aromatic N) is 1. The highest BCUT2D eigenvalue weighted by molar-refractivity contribution is 7.10. The van der Waals surface area contributed by atoms with Crippen molar-refractivity contribution in [1.82, 2.24) is 4.90 Å². The molecule has 3 aromatic rings. The monoisotopic (exact) mass is 458 g/mol. The summed E-state index contributed by atoms with van der Waals surface area (Å²) in [5.41, 5.74) is 1.54. The molecule has 1 aliphatic heterocycles. The lowest BCUT2D eigenvalue weighted by molar-refractivity contribution is -0.119. The van der Waals surface area contributed by atoms with E-state index in [1.54, 1.807) is 24.1 Å². The number of carbonyl (C=O) groups is 2. The molecule has 31 heavy (non-hydrogen) atoms. The maximum atomic E-state index is 13.5. The van der Waals surface area contributed by atoms with E-state index in [9.17, 15) is 14.0 Å². The van der Waals surface area contributed by atoms with Crippen molar-refractivity contribution in [3.8, 4) is 0 Å². The Morgan fingerprint density at radius 1 is 1.23 bits per heavy atom. The molecule has 0 radical (unpaired) electrons. The van der Waals surface area contributed by atoms with E-state index in [4.69, 9.17) is 16.3 Å². The zero-order valence-electron chi connectivity index (χ0n) is 16.7. The molecular weight excluding hydrogens is 439 g/mol. The summed E-state index contributed by atoms with van der Waals surface area (Å²) >= 11 is 7.37. The molecule has 2 heterocycles. The van der Waals surface area contributed by atoms with Gasteiger partial charge in [-0.1, -0.05) is 35.9 Å². The number of anilines is 1. The number of ether oxygens (including phenoxy) is 1. The molecule has 2 amide bonds. The second-order valence-corrected chi connectivity index (χ2v) is 8.52. The fraction of sp³-hybridized carbons (Fsp3) is 0.217. The Hall–Kier alpha value is -2.74. The molecule has 1 aromatic heterocycles. The Morgan fingerprint density at radius 3 is 2.74 bits per heavy atom. The van der Waals surface area contributed by atoms with E-state index in [1.807, 2.05) is 29.6 Å². The standard InChI is InChI=1S/C23H20ClFN2O3S/c1-30-11-10-27-21(19-7-4-12-31-19)20(15-5-2-3-6-16(15)23(27)29)22(28)26-14-8-9-18(25)17(24)13-14/h2-9,12-13,20-21H,10-11H2,1H3,(H,26,28). The van der Waals surface area contributed by atoms with Crippen LogP contribution in [0.4, 0.5) is 10.1 Å². The van der Waals surface area contributed by atoms with Crippen LogP contribution in [0, 0.1) is 5.82 Å². The summed E-state index contributed by atoms with van der Waals surface area (Å²) in [5.74, 6) is -1.66. The number of fused-ring (bicyclic) bond motifs is 1. The van der Waals surface area contributed by atoms with E-state index in [-0.39, 0.29) is 16.8 Å². The van der Waals surface area contributed by atoms with Crippen molar-refractivity contribution in [1.29, 1.82) is 0 Å². The molecular formula is C23H20ClFN2O3S. The van der Waals surface area contributed by atoms with Crippen LogP contribution in [0.25, 0.3) is 0 Å². The van der Waals surface area contributed by atoms with Crippen molar-refractivity contribution in [2.45, 2.75) is 12.0 Å². The van der Waals surface area contributed by atoms with Gasteiger partial charge in [0.15, 0.2) is 0 Å². The summed E-state index contributed by atoms with van der Waals surface area (Å²) in [6, 6.07) is 14.5. The third-order valence-electron chi connectivity index (χ3n) is 5.28. The highest BCUT2D eigenvalue weighted by Crippen LogP contribution is 2.44. The fourth-order valence-corrected chi connectivity index (χ4v) is 4.93. The Morgan fingerprint density at radius 2 is 2.03 bits per heavy atom. The predicted octanol–water partition coefficient (Wildman–Crippen LogP) is 5.11. The lowest BCUT2D eigenvalue weighted by atomic mass is 9.81. The van der Waals surface area contributed by atoms with Crippen molar-refractivity contribution >= 4 is 40.4 Å². The number of halogens is 2. The van der Waals surface area contributed by atoms with Gasteiger partial charge in [-0.3, -0.25) is 9.59 Å². The molecule has 0 saturated carbocycles. The molecule has 2 aromatic carbocycles. The lowest BCUT2D eigenvalue weighted by Gasteiger charge is -2.41. The van der Waals surface area contributed by atoms with Gasteiger partial charge in [0, 0.05) is 29.8 Å². The molecule has 1 N–H and O–H groups in total. The Balaban J connectivity index is 1.79. The number of benzene rings is 2. The van der Waals surface area contributed by atoms with E-state index < -0.39 is 17.8 Å². The van der Waals surface area contributed by atoms with Crippen molar-refractivity contribution in [3.05, 3.63) is 86.8 Å². The van der Waals surface area contributed by atoms with Crippen LogP contribution in [0.1, 0.15) is 32.8 Å². The first kappa shape index (κ1) is 21.5. The molecule has 1 aliphatic rings. The normalized spacial score (nSPS) is 18.0. The van der Waals surface area contributed by atoms with E-state index in [2.05, 4.69) is 5.32 Å². The summed E-state index contributed by atoms with van der Waals surface area (Å²) in [6.45, 7) is 0.691. The number of thiophene rings is 1. The highest BCUT2D eigenvalue weighted by Gasteiger charge is 2.44. The molecule has 0 spiro atoms. The van der Waals surface area contributed by atoms with Crippen LogP contribution >= 0.6 is 22.9 Å². The van der Waals surface area contributed by atoms with E-state index in [0.717, 1.165) is 4.88 Å². The molecule has 8 heteroatoms. The Bertz CT molecular complexity index is 1110. The Kier molecular flexibility index (Phi) is 6.36. The predicted molar refractivity (Wildman–Crippen MR) is 119 cm³/mol. The minimum Gasteiger partial charge on any atom is -0.383 e. The van der Waals surface area contributed by atoms with Crippen LogP contribution in [0.2, 0.25) is 5.02 Å². The van der Waals surface area contributed by atoms with Crippen LogP contribution in [-0.2, 0) is 9.53 Å². The summed E-state index contributed by atoms with van der Waals surface area (Å²) in [5, 5.41) is 4.69. The average Bonchev–Trinajstić information content (AvgIpc) is 3.30. The van der Waals surface area contributed by atoms with Crippen LogP contribution in [-0.4, -0.2) is 37.0 Å². The van der Waals surface area contributed by atoms with Gasteiger partial charge in [0.2, 0.25) is 5.91 Å². The van der Waals surface area contributed by atoms with Gasteiger partial charge in [-0.05, 0) is 41.3 Å². The van der Waals surface area contributed by atoms with Gasteiger partial charge in [-0.25, -0.2) is 4.39 Å². The van der Waals surface area contributed by atoms with Gasteiger partial charge in [0.25, 0.3) is 5.91 Å². The van der Waals surface area contributed by atoms with Gasteiger partial charge < -0.3 is 15.0 Å². The van der Waals surface area contributed by atoms with Crippen molar-refractivity contribution in [2.24, 2.45) is 0 Å². The first-order valence-corrected chi connectivity index (χ1v) is 10.9. The number of rotatable bonds is 6. The average molecular weight is 459 g/mol. The number of carbonyl (C=O) groups excluding carboxylic acids is 2. The van der Waals surface area contributed by atoms with Crippen LogP contribution in [0.15, 0.2) is 60.0 Å². The number of amides is 2. The van der Waals surface area contributed by atoms with Gasteiger partial charge >= 0.3 is 0 Å². The molecule has 4 rings (SSSR count). The quantitative estimate of drug-likeness (QED) is 0.558. The summed E-state index contributed by atoms with van der Waals surface area (Å²) in [4.78, 5) is 29.5. The van der Waals surface area contributed by atoms with Crippen molar-refractivity contribution in [2.75, 3.05) is 25.6 Å². The molecule has 0 saturated heterocycles. The second-order valence-electron chi connectivity index (χ2n) is 7.13. The van der Waals surface area contributed by atoms with Gasteiger partial charge in [-0.2, -0.15) is 0 Å². The second kappa shape index (κ2) is 9.18. The van der Waals surface area contributed by atoms with E-state index in [0.29, 0.717) is 30.0 Å². The molecule has 2 unspecified atom stereocenters. The van der Waals surface area contributed by atoms with Gasteiger partial charge in [0.05, 0.1) is 23.6 Å². The van der Waals surface area contributed by atoms with E-state index >= 15 is 0 Å². The first-order valence-electron chi connectivity index (χ1n) is 9.69. The third kappa shape index (κ3) is 4.21. The Labute approximate surface area is 188 Å². The summed E-state index contributed by atoms with van der Waals surface area (Å²) in [6.07, 6.45) is 0. The number of nitrogens with one attached hydrogen (secondary N) is 1. The molecule has 5 nitrogen and oxygen atoms in total. The van der Waals surface area contributed by atoms with Crippen LogP contribution < -0.4 is 5.32 Å².